The van der Waals surface area contributed by atoms with Crippen LogP contribution in [0.15, 0.2) is 11.6 Å². The molecule has 0 N–H and O–H groups in total. The summed E-state index contributed by atoms with van der Waals surface area (Å²) in [6.45, 7) is 10.3. The van der Waals surface area contributed by atoms with Gasteiger partial charge in [0.2, 0.25) is 0 Å². The number of carbonyl (C=O) groups is 2. The van der Waals surface area contributed by atoms with Crippen LogP contribution in [-0.4, -0.2) is 11.8 Å². The van der Waals surface area contributed by atoms with Gasteiger partial charge in [-0.25, -0.2) is 0 Å². The molecule has 0 heterocycles. The average molecular weight is 277 g/mol. The second-order valence-electron chi connectivity index (χ2n) is 7.65. The maximum atomic E-state index is 12.7. The first-order chi connectivity index (χ1) is 9.11. The molecule has 0 amide bonds. The first kappa shape index (κ1) is 15.3. The van der Waals surface area contributed by atoms with Gasteiger partial charge in [0.25, 0.3) is 0 Å². The van der Waals surface area contributed by atoms with Gasteiger partial charge in [-0.15, -0.1) is 0 Å². The Kier molecular flexibility index (Phi) is 3.60. The predicted octanol–water partition coefficient (Wildman–Crippen LogP) is 2.35. The first-order valence-electron chi connectivity index (χ1n) is 7.58. The molecule has 3 nitrogen and oxygen atoms in total. The SMILES string of the molecule is CC(C)C[C@@H](/C=C1/C(=O)[C@]2(C)CC[C@@H]1C2(C)C)C(=O)[O-]. The van der Waals surface area contributed by atoms with Crippen molar-refractivity contribution >= 4 is 11.8 Å². The summed E-state index contributed by atoms with van der Waals surface area (Å²) in [5.41, 5.74) is 0.362. The number of hydrogen-bond donors (Lipinski definition) is 0. The van der Waals surface area contributed by atoms with Gasteiger partial charge in [0, 0.05) is 17.3 Å². The number of carboxylic acid groups (broad SMARTS) is 1. The molecule has 2 aliphatic rings. The highest BCUT2D eigenvalue weighted by atomic mass is 16.4. The Hall–Kier alpha value is -1.12. The normalized spacial score (nSPS) is 35.0. The van der Waals surface area contributed by atoms with E-state index in [9.17, 15) is 14.7 Å². The van der Waals surface area contributed by atoms with Crippen LogP contribution in [0.4, 0.5) is 0 Å². The zero-order valence-electron chi connectivity index (χ0n) is 13.2. The largest absolute Gasteiger partial charge is 0.550 e. The number of ketones is 1. The fraction of sp³-hybridized carbons (Fsp3) is 0.765. The number of allylic oxidation sites excluding steroid dienone is 1. The second-order valence-corrected chi connectivity index (χ2v) is 7.65. The second kappa shape index (κ2) is 4.71. The van der Waals surface area contributed by atoms with E-state index in [4.69, 9.17) is 0 Å². The number of carboxylic acids is 1. The summed E-state index contributed by atoms with van der Waals surface area (Å²) >= 11 is 0. The summed E-state index contributed by atoms with van der Waals surface area (Å²) < 4.78 is 0. The number of carbonyl (C=O) groups excluding carboxylic acids is 2. The third-order valence-corrected chi connectivity index (χ3v) is 5.77. The van der Waals surface area contributed by atoms with Crippen molar-refractivity contribution < 1.29 is 14.7 Å². The van der Waals surface area contributed by atoms with Crippen molar-refractivity contribution in [3.63, 3.8) is 0 Å². The lowest BCUT2D eigenvalue weighted by atomic mass is 9.70. The fourth-order valence-electron chi connectivity index (χ4n) is 4.08. The van der Waals surface area contributed by atoms with Gasteiger partial charge in [-0.2, -0.15) is 0 Å². The molecule has 2 bridgehead atoms. The number of fused-ring (bicyclic) bond motifs is 2. The lowest BCUT2D eigenvalue weighted by Crippen LogP contribution is -2.33. The smallest absolute Gasteiger partial charge is 0.165 e. The third kappa shape index (κ3) is 2.02. The summed E-state index contributed by atoms with van der Waals surface area (Å²) in [5.74, 6) is -1.08. The molecule has 3 heteroatoms. The topological polar surface area (TPSA) is 57.2 Å². The number of rotatable bonds is 4. The maximum absolute atomic E-state index is 12.7. The molecule has 2 fully saturated rings. The van der Waals surface area contributed by atoms with Gasteiger partial charge in [-0.3, -0.25) is 4.79 Å². The molecule has 2 saturated carbocycles. The van der Waals surface area contributed by atoms with Crippen molar-refractivity contribution in [1.29, 1.82) is 0 Å². The molecule has 0 aromatic rings. The Morgan fingerprint density at radius 3 is 2.40 bits per heavy atom. The standard InChI is InChI=1S/C17H26O3/c1-10(2)8-11(15(19)20)9-12-13-6-7-17(5,14(12)18)16(13,3)4/h9-11,13H,6-8H2,1-5H3,(H,19,20)/p-1/b12-9+/t11-,13-,17-/m0/s1. The van der Waals surface area contributed by atoms with Crippen LogP contribution in [-0.2, 0) is 9.59 Å². The van der Waals surface area contributed by atoms with Crippen molar-refractivity contribution in [3.8, 4) is 0 Å². The number of Topliss-reactive ketones (excluding diaryl/α,β-unsaturated/α-hetero) is 1. The van der Waals surface area contributed by atoms with Gasteiger partial charge in [0.15, 0.2) is 5.78 Å². The Labute approximate surface area is 121 Å². The molecule has 0 unspecified atom stereocenters. The summed E-state index contributed by atoms with van der Waals surface area (Å²) in [6, 6.07) is 0. The van der Waals surface area contributed by atoms with Gasteiger partial charge in [0.1, 0.15) is 0 Å². The van der Waals surface area contributed by atoms with Crippen LogP contribution >= 0.6 is 0 Å². The van der Waals surface area contributed by atoms with E-state index in [1.54, 1.807) is 6.08 Å². The van der Waals surface area contributed by atoms with E-state index in [-0.39, 0.29) is 28.4 Å². The molecule has 2 rings (SSSR count). The molecular weight excluding hydrogens is 252 g/mol. The minimum atomic E-state index is -1.07. The third-order valence-electron chi connectivity index (χ3n) is 5.77. The summed E-state index contributed by atoms with van der Waals surface area (Å²) in [5, 5.41) is 11.3. The molecule has 3 atom stereocenters. The van der Waals surface area contributed by atoms with Gasteiger partial charge >= 0.3 is 0 Å². The molecule has 0 aliphatic heterocycles. The highest BCUT2D eigenvalue weighted by Gasteiger charge is 2.63. The van der Waals surface area contributed by atoms with Crippen molar-refractivity contribution in [2.24, 2.45) is 28.6 Å². The molecule has 0 saturated heterocycles. The van der Waals surface area contributed by atoms with Crippen LogP contribution in [0.25, 0.3) is 0 Å². The van der Waals surface area contributed by atoms with Crippen molar-refractivity contribution in [3.05, 3.63) is 11.6 Å². The average Bonchev–Trinajstić information content (AvgIpc) is 2.62. The first-order valence-corrected chi connectivity index (χ1v) is 7.58. The van der Waals surface area contributed by atoms with Crippen molar-refractivity contribution in [1.82, 2.24) is 0 Å². The Balaban J connectivity index is 2.36. The lowest BCUT2D eigenvalue weighted by Gasteiger charge is -2.31. The van der Waals surface area contributed by atoms with Gasteiger partial charge in [-0.05, 0) is 42.1 Å². The summed E-state index contributed by atoms with van der Waals surface area (Å²) in [6.07, 6.45) is 4.14. The minimum absolute atomic E-state index is 0.0652. The van der Waals surface area contributed by atoms with Crippen LogP contribution in [0.2, 0.25) is 0 Å². The maximum Gasteiger partial charge on any atom is 0.165 e. The van der Waals surface area contributed by atoms with Gasteiger partial charge < -0.3 is 9.90 Å². The monoisotopic (exact) mass is 277 g/mol. The van der Waals surface area contributed by atoms with E-state index >= 15 is 0 Å². The molecular formula is C17H25O3-. The Morgan fingerprint density at radius 2 is 2.00 bits per heavy atom. The van der Waals surface area contributed by atoms with Crippen molar-refractivity contribution in [2.45, 2.75) is 53.9 Å². The van der Waals surface area contributed by atoms with Crippen LogP contribution in [0.3, 0.4) is 0 Å². The number of hydrogen-bond acceptors (Lipinski definition) is 3. The molecule has 112 valence electrons. The molecule has 2 aliphatic carbocycles. The van der Waals surface area contributed by atoms with E-state index in [2.05, 4.69) is 13.8 Å². The Morgan fingerprint density at radius 1 is 1.40 bits per heavy atom. The van der Waals surface area contributed by atoms with E-state index in [0.29, 0.717) is 6.42 Å². The Bertz CT molecular complexity index is 473. The van der Waals surface area contributed by atoms with E-state index in [0.717, 1.165) is 18.4 Å². The van der Waals surface area contributed by atoms with Crippen LogP contribution in [0, 0.1) is 28.6 Å². The zero-order chi connectivity index (χ0) is 15.3. The van der Waals surface area contributed by atoms with Crippen LogP contribution < -0.4 is 5.11 Å². The van der Waals surface area contributed by atoms with Crippen LogP contribution in [0.5, 0.6) is 0 Å². The summed E-state index contributed by atoms with van der Waals surface area (Å²) in [7, 11) is 0. The van der Waals surface area contributed by atoms with Crippen molar-refractivity contribution in [2.75, 3.05) is 0 Å². The van der Waals surface area contributed by atoms with E-state index in [1.807, 2.05) is 20.8 Å². The molecule has 0 aromatic carbocycles. The van der Waals surface area contributed by atoms with Gasteiger partial charge in [0.05, 0.1) is 0 Å². The van der Waals surface area contributed by atoms with Gasteiger partial charge in [-0.1, -0.05) is 40.7 Å². The fourth-order valence-corrected chi connectivity index (χ4v) is 4.08. The molecule has 0 radical (unpaired) electrons. The quantitative estimate of drug-likeness (QED) is 0.741. The predicted molar refractivity (Wildman–Crippen MR) is 75.7 cm³/mol. The van der Waals surface area contributed by atoms with E-state index < -0.39 is 11.9 Å². The summed E-state index contributed by atoms with van der Waals surface area (Å²) in [4.78, 5) is 24.0. The highest BCUT2D eigenvalue weighted by molar-refractivity contribution is 6.05. The lowest BCUT2D eigenvalue weighted by molar-refractivity contribution is -0.310. The molecule has 20 heavy (non-hydrogen) atoms. The highest BCUT2D eigenvalue weighted by Crippen LogP contribution is 2.65. The molecule has 0 aromatic heterocycles. The number of aliphatic carboxylic acids is 1. The molecule has 0 spiro atoms. The van der Waals surface area contributed by atoms with Crippen LogP contribution in [0.1, 0.15) is 53.9 Å². The zero-order valence-corrected chi connectivity index (χ0v) is 13.2. The minimum Gasteiger partial charge on any atom is -0.550 e. The van der Waals surface area contributed by atoms with E-state index in [1.165, 1.54) is 0 Å².